The molecular weight excluding hydrogens is 558 g/mol. The summed E-state index contributed by atoms with van der Waals surface area (Å²) in [6.07, 6.45) is 3.00. The van der Waals surface area contributed by atoms with Crippen molar-refractivity contribution in [3.8, 4) is 11.5 Å². The number of nitrogens with zero attached hydrogens (tertiary/aromatic N) is 3. The molecule has 1 aromatic heterocycles. The number of anilines is 1. The number of rotatable bonds is 10. The first-order chi connectivity index (χ1) is 19.9. The van der Waals surface area contributed by atoms with Crippen LogP contribution in [-0.4, -0.2) is 41.2 Å². The summed E-state index contributed by atoms with van der Waals surface area (Å²) in [6, 6.07) is 21.7. The number of methoxy groups -OCH3 is 2. The largest absolute Gasteiger partial charge is 0.503 e. The number of benzene rings is 3. The summed E-state index contributed by atoms with van der Waals surface area (Å²) < 4.78 is 11.5. The summed E-state index contributed by atoms with van der Waals surface area (Å²) in [7, 11) is 3.03. The maximum absolute atomic E-state index is 13.5. The van der Waals surface area contributed by atoms with Crippen LogP contribution in [0.25, 0.3) is 6.08 Å². The molecule has 41 heavy (non-hydrogen) atoms. The molecule has 2 heterocycles. The highest BCUT2D eigenvalue weighted by Gasteiger charge is 2.45. The number of hydrogen-bond donors (Lipinski definition) is 1. The van der Waals surface area contributed by atoms with Gasteiger partial charge in [-0.3, -0.25) is 14.5 Å². The highest BCUT2D eigenvalue weighted by molar-refractivity contribution is 8.00. The van der Waals surface area contributed by atoms with Crippen LogP contribution in [0.3, 0.4) is 0 Å². The molecule has 0 fully saturated rings. The fraction of sp³-hybridized carbons (Fsp3) is 0.161. The second-order valence-electron chi connectivity index (χ2n) is 9.19. The Morgan fingerprint density at radius 3 is 2.46 bits per heavy atom. The Bertz CT molecular complexity index is 1630. The van der Waals surface area contributed by atoms with Gasteiger partial charge in [0.2, 0.25) is 5.13 Å². The minimum absolute atomic E-state index is 0.0570. The molecule has 3 aromatic carbocycles. The zero-order valence-electron chi connectivity index (χ0n) is 22.6. The van der Waals surface area contributed by atoms with Gasteiger partial charge < -0.3 is 14.6 Å². The van der Waals surface area contributed by atoms with Crippen LogP contribution in [-0.2, 0) is 15.3 Å². The summed E-state index contributed by atoms with van der Waals surface area (Å²) >= 11 is 2.72. The Hall–Kier alpha value is -4.41. The molecule has 10 heteroatoms. The lowest BCUT2D eigenvalue weighted by Gasteiger charge is -2.24. The van der Waals surface area contributed by atoms with Crippen molar-refractivity contribution in [2.75, 3.05) is 19.1 Å². The van der Waals surface area contributed by atoms with Crippen LogP contribution in [0.4, 0.5) is 5.13 Å². The number of carbonyl (C=O) groups excluding carboxylic acids is 2. The van der Waals surface area contributed by atoms with Crippen LogP contribution < -0.4 is 14.4 Å². The van der Waals surface area contributed by atoms with Gasteiger partial charge in [0.1, 0.15) is 0 Å². The molecule has 1 amide bonds. The van der Waals surface area contributed by atoms with Crippen LogP contribution >= 0.6 is 23.1 Å². The Morgan fingerprint density at radius 2 is 1.76 bits per heavy atom. The number of aromatic nitrogens is 2. The van der Waals surface area contributed by atoms with E-state index in [1.807, 2.05) is 37.3 Å². The van der Waals surface area contributed by atoms with Gasteiger partial charge in [-0.1, -0.05) is 95.4 Å². The SMILES string of the molecule is COc1ccc(C2C(C(=O)/C=C/c3ccccc3)=C(O)C(=O)N2c2nnc(SCc3ccc(C)cc3)s2)cc1OC. The summed E-state index contributed by atoms with van der Waals surface area (Å²) in [5.41, 5.74) is 3.61. The van der Waals surface area contributed by atoms with E-state index in [0.29, 0.717) is 27.2 Å². The van der Waals surface area contributed by atoms with E-state index in [0.717, 1.165) is 11.1 Å². The first-order valence-corrected chi connectivity index (χ1v) is 14.5. The van der Waals surface area contributed by atoms with Crippen LogP contribution in [0.1, 0.15) is 28.3 Å². The van der Waals surface area contributed by atoms with Crippen molar-refractivity contribution in [3.63, 3.8) is 0 Å². The third-order valence-electron chi connectivity index (χ3n) is 6.51. The minimum atomic E-state index is -0.960. The molecule has 1 unspecified atom stereocenters. The lowest BCUT2D eigenvalue weighted by Crippen LogP contribution is -2.30. The molecular formula is C31H27N3O5S2. The van der Waals surface area contributed by atoms with Crippen molar-refractivity contribution in [2.24, 2.45) is 0 Å². The number of aryl methyl sites for hydroxylation is 1. The van der Waals surface area contributed by atoms with E-state index in [2.05, 4.69) is 34.5 Å². The van der Waals surface area contributed by atoms with Gasteiger partial charge in [0.15, 0.2) is 27.4 Å². The average Bonchev–Trinajstić information content (AvgIpc) is 3.57. The van der Waals surface area contributed by atoms with Crippen LogP contribution in [0.5, 0.6) is 11.5 Å². The second kappa shape index (κ2) is 12.4. The van der Waals surface area contributed by atoms with E-state index >= 15 is 0 Å². The highest BCUT2D eigenvalue weighted by Crippen LogP contribution is 2.45. The van der Waals surface area contributed by atoms with Gasteiger partial charge in [-0.05, 0) is 41.8 Å². The predicted octanol–water partition coefficient (Wildman–Crippen LogP) is 6.34. The molecule has 0 radical (unpaired) electrons. The van der Waals surface area contributed by atoms with E-state index in [4.69, 9.17) is 9.47 Å². The van der Waals surface area contributed by atoms with Gasteiger partial charge in [0.05, 0.1) is 25.8 Å². The van der Waals surface area contributed by atoms with Crippen molar-refractivity contribution < 1.29 is 24.2 Å². The quantitative estimate of drug-likeness (QED) is 0.131. The van der Waals surface area contributed by atoms with Crippen molar-refractivity contribution in [1.29, 1.82) is 0 Å². The molecule has 0 aliphatic carbocycles. The Balaban J connectivity index is 1.50. The topological polar surface area (TPSA) is 102 Å². The molecule has 208 valence electrons. The molecule has 5 rings (SSSR count). The third kappa shape index (κ3) is 6.03. The average molecular weight is 586 g/mol. The third-order valence-corrected chi connectivity index (χ3v) is 8.64. The van der Waals surface area contributed by atoms with Gasteiger partial charge in [-0.2, -0.15) is 0 Å². The van der Waals surface area contributed by atoms with E-state index in [9.17, 15) is 14.7 Å². The lowest BCUT2D eigenvalue weighted by atomic mass is 9.95. The van der Waals surface area contributed by atoms with Crippen LogP contribution in [0, 0.1) is 6.92 Å². The minimum Gasteiger partial charge on any atom is -0.503 e. The number of hydrogen-bond acceptors (Lipinski definition) is 9. The number of amides is 1. The first-order valence-electron chi connectivity index (χ1n) is 12.7. The predicted molar refractivity (Wildman–Crippen MR) is 161 cm³/mol. The number of allylic oxidation sites excluding steroid dienone is 1. The standard InChI is InChI=1S/C31H27N3O5S2/c1-19-9-11-21(12-10-19)18-40-31-33-32-30(41-31)34-27(22-14-16-24(38-2)25(17-22)39-3)26(28(36)29(34)37)23(35)15-13-20-7-5-4-6-8-20/h4-17,27,36H,18H2,1-3H3/b15-13+. The molecule has 1 aliphatic rings. The van der Waals surface area contributed by atoms with Gasteiger partial charge in [0, 0.05) is 5.75 Å². The van der Waals surface area contributed by atoms with Gasteiger partial charge in [-0.25, -0.2) is 0 Å². The Morgan fingerprint density at radius 1 is 1.02 bits per heavy atom. The molecule has 1 aliphatic heterocycles. The van der Waals surface area contributed by atoms with Gasteiger partial charge in [-0.15, -0.1) is 10.2 Å². The van der Waals surface area contributed by atoms with Crippen molar-refractivity contribution >= 4 is 46.0 Å². The fourth-order valence-electron chi connectivity index (χ4n) is 4.41. The van der Waals surface area contributed by atoms with Crippen molar-refractivity contribution in [2.45, 2.75) is 23.1 Å². The molecule has 0 saturated heterocycles. The van der Waals surface area contributed by atoms with Gasteiger partial charge in [0.25, 0.3) is 5.91 Å². The molecule has 1 atom stereocenters. The van der Waals surface area contributed by atoms with E-state index in [-0.39, 0.29) is 10.7 Å². The molecule has 0 spiro atoms. The maximum Gasteiger partial charge on any atom is 0.296 e. The van der Waals surface area contributed by atoms with Crippen molar-refractivity contribution in [3.05, 3.63) is 112 Å². The van der Waals surface area contributed by atoms with E-state index < -0.39 is 23.5 Å². The summed E-state index contributed by atoms with van der Waals surface area (Å²) in [6.45, 7) is 2.04. The number of ether oxygens (including phenoxy) is 2. The van der Waals surface area contributed by atoms with Crippen LogP contribution in [0.15, 0.2) is 94.5 Å². The van der Waals surface area contributed by atoms with E-state index in [1.54, 1.807) is 24.3 Å². The van der Waals surface area contributed by atoms with Gasteiger partial charge >= 0.3 is 0 Å². The first kappa shape index (κ1) is 28.1. The fourth-order valence-corrected chi connectivity index (χ4v) is 6.23. The number of carbonyl (C=O) groups is 2. The monoisotopic (exact) mass is 585 g/mol. The summed E-state index contributed by atoms with van der Waals surface area (Å²) in [4.78, 5) is 28.3. The Kier molecular flexibility index (Phi) is 8.51. The normalized spacial score (nSPS) is 15.1. The van der Waals surface area contributed by atoms with Crippen LogP contribution in [0.2, 0.25) is 0 Å². The molecule has 1 N–H and O–H groups in total. The number of ketones is 1. The Labute approximate surface area is 246 Å². The number of aliphatic hydroxyl groups is 1. The van der Waals surface area contributed by atoms with Crippen molar-refractivity contribution in [1.82, 2.24) is 10.2 Å². The maximum atomic E-state index is 13.5. The second-order valence-corrected chi connectivity index (χ2v) is 11.4. The zero-order chi connectivity index (χ0) is 28.9. The molecule has 4 aromatic rings. The number of aliphatic hydroxyl groups excluding tert-OH is 1. The lowest BCUT2D eigenvalue weighted by molar-refractivity contribution is -0.117. The summed E-state index contributed by atoms with van der Waals surface area (Å²) in [5, 5.41) is 19.9. The molecule has 8 nitrogen and oxygen atoms in total. The molecule has 0 bridgehead atoms. The number of thioether (sulfide) groups is 1. The van der Waals surface area contributed by atoms with E-state index in [1.165, 1.54) is 53.9 Å². The summed E-state index contributed by atoms with van der Waals surface area (Å²) in [5.74, 6) is -0.270. The zero-order valence-corrected chi connectivity index (χ0v) is 24.2. The highest BCUT2D eigenvalue weighted by atomic mass is 32.2. The molecule has 0 saturated carbocycles. The smallest absolute Gasteiger partial charge is 0.296 e.